The maximum Gasteiger partial charge on any atom is 0.241 e. The van der Waals surface area contributed by atoms with Gasteiger partial charge < -0.3 is 0 Å². The van der Waals surface area contributed by atoms with Crippen LogP contribution in [0.1, 0.15) is 19.8 Å². The topological polar surface area (TPSA) is 54.9 Å². The lowest BCUT2D eigenvalue weighted by Crippen LogP contribution is -2.12. The Balaban J connectivity index is 2.38. The van der Waals surface area contributed by atoms with Gasteiger partial charge >= 0.3 is 0 Å². The first-order valence-corrected chi connectivity index (χ1v) is 6.92. The monoisotopic (exact) mass is 265 g/mol. The van der Waals surface area contributed by atoms with E-state index in [-0.39, 0.29) is 11.8 Å². The minimum atomic E-state index is -0.252. The minimum Gasteiger partial charge on any atom is -0.299 e. The van der Waals surface area contributed by atoms with Crippen LogP contribution in [0.2, 0.25) is 0 Å². The van der Waals surface area contributed by atoms with Gasteiger partial charge in [-0.2, -0.15) is 0 Å². The van der Waals surface area contributed by atoms with E-state index in [1.807, 2.05) is 0 Å². The molecule has 0 aliphatic heterocycles. The molecule has 0 spiro atoms. The Bertz CT molecular complexity index is 319. The molecule has 4 nitrogen and oxygen atoms in total. The van der Waals surface area contributed by atoms with Crippen molar-refractivity contribution < 1.29 is 4.79 Å². The van der Waals surface area contributed by atoms with Gasteiger partial charge in [0.2, 0.25) is 11.0 Å². The van der Waals surface area contributed by atoms with Gasteiger partial charge in [-0.15, -0.1) is 21.8 Å². The maximum absolute atomic E-state index is 10.9. The van der Waals surface area contributed by atoms with Crippen molar-refractivity contribution in [2.75, 3.05) is 16.9 Å². The van der Waals surface area contributed by atoms with Crippen LogP contribution in [0.5, 0.6) is 0 Å². The molecule has 1 amide bonds. The molecule has 0 unspecified atom stereocenters. The molecule has 0 aliphatic carbocycles. The summed E-state index contributed by atoms with van der Waals surface area (Å²) in [7, 11) is 0. The Labute approximate surface area is 102 Å². The van der Waals surface area contributed by atoms with Crippen molar-refractivity contribution in [2.24, 2.45) is 0 Å². The minimum absolute atomic E-state index is 0.0576. The molecule has 7 heteroatoms. The normalized spacial score (nSPS) is 10.3. The van der Waals surface area contributed by atoms with Gasteiger partial charge in [0.15, 0.2) is 4.34 Å². The number of halogens is 1. The van der Waals surface area contributed by atoms with Crippen molar-refractivity contribution in [1.29, 1.82) is 0 Å². The van der Waals surface area contributed by atoms with Crippen molar-refractivity contribution in [3.63, 3.8) is 0 Å². The van der Waals surface area contributed by atoms with Crippen molar-refractivity contribution in [3.8, 4) is 0 Å². The van der Waals surface area contributed by atoms with E-state index >= 15 is 0 Å². The van der Waals surface area contributed by atoms with Crippen LogP contribution in [0.3, 0.4) is 0 Å². The fraction of sp³-hybridized carbons (Fsp3) is 0.625. The maximum atomic E-state index is 10.9. The molecule has 0 fully saturated rings. The molecule has 1 aromatic rings. The van der Waals surface area contributed by atoms with E-state index in [2.05, 4.69) is 22.4 Å². The molecule has 0 aliphatic rings. The molecule has 0 atom stereocenters. The number of amides is 1. The van der Waals surface area contributed by atoms with Gasteiger partial charge in [-0.25, -0.2) is 0 Å². The summed E-state index contributed by atoms with van der Waals surface area (Å²) in [6, 6.07) is 0. The fourth-order valence-electron chi connectivity index (χ4n) is 0.775. The zero-order valence-corrected chi connectivity index (χ0v) is 10.7. The van der Waals surface area contributed by atoms with Gasteiger partial charge in [-0.1, -0.05) is 36.4 Å². The average molecular weight is 266 g/mol. The predicted molar refractivity (Wildman–Crippen MR) is 64.9 cm³/mol. The highest BCUT2D eigenvalue weighted by atomic mass is 35.5. The number of carbonyl (C=O) groups is 1. The molecule has 1 aromatic heterocycles. The van der Waals surface area contributed by atoms with Crippen LogP contribution in [0.4, 0.5) is 5.13 Å². The van der Waals surface area contributed by atoms with Crippen LogP contribution in [0, 0.1) is 0 Å². The van der Waals surface area contributed by atoms with E-state index < -0.39 is 0 Å². The van der Waals surface area contributed by atoms with Crippen LogP contribution in [0.15, 0.2) is 4.34 Å². The lowest BCUT2D eigenvalue weighted by atomic mass is 10.4. The molecular weight excluding hydrogens is 254 g/mol. The Hall–Kier alpha value is -0.330. The van der Waals surface area contributed by atoms with E-state index in [1.54, 1.807) is 11.8 Å². The molecule has 0 radical (unpaired) electrons. The second-order valence-electron chi connectivity index (χ2n) is 2.76. The van der Waals surface area contributed by atoms with E-state index in [0.29, 0.717) is 5.13 Å². The molecule has 0 bridgehead atoms. The Kier molecular flexibility index (Phi) is 5.97. The quantitative estimate of drug-likeness (QED) is 0.372. The molecule has 0 saturated carbocycles. The third kappa shape index (κ3) is 4.81. The Morgan fingerprint density at radius 1 is 1.60 bits per heavy atom. The predicted octanol–water partition coefficient (Wildman–Crippen LogP) is 2.61. The number of alkyl halides is 1. The third-order valence-corrected chi connectivity index (χ3v) is 3.80. The highest BCUT2D eigenvalue weighted by molar-refractivity contribution is 8.01. The number of anilines is 1. The number of aromatic nitrogens is 2. The highest BCUT2D eigenvalue weighted by Gasteiger charge is 2.06. The molecule has 0 aromatic carbocycles. The number of rotatable bonds is 6. The first-order valence-electron chi connectivity index (χ1n) is 4.58. The highest BCUT2D eigenvalue weighted by Crippen LogP contribution is 2.25. The van der Waals surface area contributed by atoms with E-state index in [9.17, 15) is 4.79 Å². The molecular formula is C8H12ClN3OS2. The lowest BCUT2D eigenvalue weighted by Gasteiger charge is -1.94. The number of unbranched alkanes of at least 4 members (excludes halogenated alkanes) is 1. The molecule has 1 rings (SSSR count). The van der Waals surface area contributed by atoms with Crippen molar-refractivity contribution >= 4 is 45.7 Å². The Morgan fingerprint density at radius 3 is 3.07 bits per heavy atom. The number of thioether (sulfide) groups is 1. The second kappa shape index (κ2) is 7.03. The van der Waals surface area contributed by atoms with Crippen molar-refractivity contribution in [2.45, 2.75) is 24.1 Å². The van der Waals surface area contributed by atoms with E-state index in [4.69, 9.17) is 11.6 Å². The third-order valence-electron chi connectivity index (χ3n) is 1.50. The Morgan fingerprint density at radius 2 is 2.40 bits per heavy atom. The van der Waals surface area contributed by atoms with Crippen LogP contribution in [-0.4, -0.2) is 27.7 Å². The van der Waals surface area contributed by atoms with Crippen LogP contribution >= 0.6 is 34.7 Å². The first-order chi connectivity index (χ1) is 7.26. The molecule has 1 heterocycles. The van der Waals surface area contributed by atoms with Gasteiger partial charge in [0.25, 0.3) is 0 Å². The summed E-state index contributed by atoms with van der Waals surface area (Å²) < 4.78 is 0.883. The summed E-state index contributed by atoms with van der Waals surface area (Å²) in [5, 5.41) is 10.9. The smallest absolute Gasteiger partial charge is 0.241 e. The number of hydrogen-bond donors (Lipinski definition) is 1. The fourth-order valence-corrected chi connectivity index (χ4v) is 2.76. The molecule has 0 saturated heterocycles. The second-order valence-corrected chi connectivity index (χ2v) is 5.34. The zero-order valence-electron chi connectivity index (χ0n) is 8.33. The number of nitrogens with one attached hydrogen (secondary N) is 1. The van der Waals surface area contributed by atoms with Gasteiger partial charge in [0.1, 0.15) is 5.88 Å². The van der Waals surface area contributed by atoms with Crippen molar-refractivity contribution in [3.05, 3.63) is 0 Å². The summed E-state index contributed by atoms with van der Waals surface area (Å²) >= 11 is 8.39. The summed E-state index contributed by atoms with van der Waals surface area (Å²) in [5.74, 6) is 0.727. The summed E-state index contributed by atoms with van der Waals surface area (Å²) in [4.78, 5) is 10.9. The van der Waals surface area contributed by atoms with Gasteiger partial charge in [-0.05, 0) is 6.42 Å². The average Bonchev–Trinajstić information content (AvgIpc) is 2.66. The molecule has 15 heavy (non-hydrogen) atoms. The number of carbonyl (C=O) groups excluding carboxylic acids is 1. The van der Waals surface area contributed by atoms with E-state index in [1.165, 1.54) is 17.8 Å². The number of hydrogen-bond acceptors (Lipinski definition) is 5. The van der Waals surface area contributed by atoms with Gasteiger partial charge in [-0.3, -0.25) is 10.1 Å². The summed E-state index contributed by atoms with van der Waals surface area (Å²) in [6.07, 6.45) is 2.33. The SMILES string of the molecule is CCCCSc1nnc(NC(=O)CCl)s1. The molecule has 84 valence electrons. The first kappa shape index (κ1) is 12.7. The molecule has 1 N–H and O–H groups in total. The summed E-state index contributed by atoms with van der Waals surface area (Å²) in [5.41, 5.74) is 0. The largest absolute Gasteiger partial charge is 0.299 e. The van der Waals surface area contributed by atoms with Gasteiger partial charge in [0, 0.05) is 5.75 Å². The van der Waals surface area contributed by atoms with E-state index in [0.717, 1.165) is 16.5 Å². The standard InChI is InChI=1S/C8H12ClN3OS2/c1-2-3-4-14-8-12-11-7(15-8)10-6(13)5-9/h2-5H2,1H3,(H,10,11,13). The zero-order chi connectivity index (χ0) is 11.1. The lowest BCUT2D eigenvalue weighted by molar-refractivity contribution is -0.113. The number of nitrogens with zero attached hydrogens (tertiary/aromatic N) is 2. The van der Waals surface area contributed by atoms with Gasteiger partial charge in [0.05, 0.1) is 0 Å². The van der Waals surface area contributed by atoms with Crippen LogP contribution < -0.4 is 5.32 Å². The van der Waals surface area contributed by atoms with Crippen LogP contribution in [0.25, 0.3) is 0 Å². The van der Waals surface area contributed by atoms with Crippen molar-refractivity contribution in [1.82, 2.24) is 10.2 Å². The van der Waals surface area contributed by atoms with Crippen LogP contribution in [-0.2, 0) is 4.79 Å². The summed E-state index contributed by atoms with van der Waals surface area (Å²) in [6.45, 7) is 2.15.